The van der Waals surface area contributed by atoms with Crippen LogP contribution in [0.2, 0.25) is 0 Å². The number of amides is 1. The Balaban J connectivity index is 1.52. The summed E-state index contributed by atoms with van der Waals surface area (Å²) < 4.78 is 44.7. The summed E-state index contributed by atoms with van der Waals surface area (Å²) in [6.07, 6.45) is -6.06. The molecule has 0 bridgehead atoms. The number of Topliss-reactive ketones (excluding diaryl/α,β-unsaturated/α-hetero) is 2. The number of rotatable bonds is 6. The van der Waals surface area contributed by atoms with Crippen LogP contribution in [-0.4, -0.2) is 23.4 Å². The van der Waals surface area contributed by atoms with Crippen molar-refractivity contribution in [2.24, 2.45) is 5.92 Å². The van der Waals surface area contributed by atoms with Crippen LogP contribution >= 0.6 is 0 Å². The molecule has 1 N–H and O–H groups in total. The van der Waals surface area contributed by atoms with E-state index in [4.69, 9.17) is 4.74 Å². The van der Waals surface area contributed by atoms with Crippen molar-refractivity contribution in [2.45, 2.75) is 12.3 Å². The highest BCUT2D eigenvalue weighted by Crippen LogP contribution is 2.38. The molecule has 6 nitrogen and oxygen atoms in total. The number of hydrogen-bond donors (Lipinski definition) is 1. The molecular formula is C29H18F3NO5. The molecule has 0 aromatic heterocycles. The van der Waals surface area contributed by atoms with Crippen LogP contribution in [0.1, 0.15) is 37.9 Å². The number of carbonyl (C=O) groups is 4. The fourth-order valence-electron chi connectivity index (χ4n) is 4.44. The first-order chi connectivity index (χ1) is 18.1. The third kappa shape index (κ3) is 4.66. The first kappa shape index (κ1) is 24.9. The summed E-state index contributed by atoms with van der Waals surface area (Å²) in [4.78, 5) is 52.7. The van der Waals surface area contributed by atoms with Gasteiger partial charge in [-0.15, -0.1) is 0 Å². The average molecular weight is 517 g/mol. The number of ether oxygens (including phenoxy) is 1. The Morgan fingerprint density at radius 1 is 0.816 bits per heavy atom. The molecular weight excluding hydrogens is 499 g/mol. The normalized spacial score (nSPS) is 15.4. The fraction of sp³-hybridized carbons (Fsp3) is 0.103. The molecule has 1 aliphatic heterocycles. The van der Waals surface area contributed by atoms with Crippen molar-refractivity contribution in [3.8, 4) is 0 Å². The lowest BCUT2D eigenvalue weighted by Crippen LogP contribution is -2.38. The second-order valence-corrected chi connectivity index (χ2v) is 8.71. The molecule has 4 aromatic carbocycles. The summed E-state index contributed by atoms with van der Waals surface area (Å²) in [6, 6.07) is 21.9. The first-order valence-electron chi connectivity index (χ1n) is 11.5. The van der Waals surface area contributed by atoms with E-state index in [1.54, 1.807) is 36.4 Å². The summed E-state index contributed by atoms with van der Waals surface area (Å²) in [6.45, 7) is 0. The van der Waals surface area contributed by atoms with Crippen molar-refractivity contribution in [1.82, 2.24) is 0 Å². The lowest BCUT2D eigenvalue weighted by molar-refractivity contribution is -0.138. The van der Waals surface area contributed by atoms with Crippen LogP contribution in [-0.2, 0) is 20.5 Å². The zero-order valence-electron chi connectivity index (χ0n) is 19.5. The molecule has 1 aliphatic rings. The summed E-state index contributed by atoms with van der Waals surface area (Å²) in [7, 11) is 0. The summed E-state index contributed by atoms with van der Waals surface area (Å²) in [5, 5.41) is 3.70. The first-order valence-corrected chi connectivity index (χ1v) is 11.5. The molecule has 0 fully saturated rings. The third-order valence-electron chi connectivity index (χ3n) is 6.29. The average Bonchev–Trinajstić information content (AvgIpc) is 3.24. The second-order valence-electron chi connectivity index (χ2n) is 8.71. The SMILES string of the molecule is O=C(Nc1cccc(C(F)(F)F)c1)C(=O)[C@H](C(=O)c1ccc2ccccc2c1)[C@@H]1OC(=O)c2ccccc21. The van der Waals surface area contributed by atoms with Gasteiger partial charge >= 0.3 is 12.1 Å². The molecule has 0 saturated heterocycles. The largest absolute Gasteiger partial charge is 0.453 e. The molecule has 0 radical (unpaired) electrons. The lowest BCUT2D eigenvalue weighted by Gasteiger charge is -2.21. The zero-order valence-corrected chi connectivity index (χ0v) is 19.5. The van der Waals surface area contributed by atoms with Crippen molar-refractivity contribution >= 4 is 39.9 Å². The maximum absolute atomic E-state index is 13.7. The van der Waals surface area contributed by atoms with Crippen LogP contribution in [0.25, 0.3) is 10.8 Å². The van der Waals surface area contributed by atoms with E-state index < -0.39 is 47.2 Å². The molecule has 2 atom stereocenters. The summed E-state index contributed by atoms with van der Waals surface area (Å²) in [5.74, 6) is -5.86. The lowest BCUT2D eigenvalue weighted by atomic mass is 9.84. The molecule has 0 unspecified atom stereocenters. The van der Waals surface area contributed by atoms with Gasteiger partial charge in [-0.1, -0.05) is 60.7 Å². The summed E-state index contributed by atoms with van der Waals surface area (Å²) >= 11 is 0. The van der Waals surface area contributed by atoms with Crippen molar-refractivity contribution in [2.75, 3.05) is 5.32 Å². The van der Waals surface area contributed by atoms with Gasteiger partial charge in [-0.05, 0) is 41.1 Å². The molecule has 4 aromatic rings. The number of carbonyl (C=O) groups excluding carboxylic acids is 4. The van der Waals surface area contributed by atoms with Crippen LogP contribution in [0.3, 0.4) is 0 Å². The number of cyclic esters (lactones) is 1. The molecule has 0 spiro atoms. The maximum Gasteiger partial charge on any atom is 0.416 e. The van der Waals surface area contributed by atoms with Gasteiger partial charge in [0.05, 0.1) is 11.1 Å². The number of halogens is 3. The summed E-state index contributed by atoms with van der Waals surface area (Å²) in [5.41, 5.74) is -0.782. The van der Waals surface area contributed by atoms with E-state index in [0.717, 1.165) is 17.5 Å². The fourth-order valence-corrected chi connectivity index (χ4v) is 4.44. The van der Waals surface area contributed by atoms with Crippen LogP contribution in [0.15, 0.2) is 91.0 Å². The standard InChI is InChI=1S/C29H18F3NO5/c30-29(31,32)19-8-5-9-20(15-19)33-27(36)25(35)23(26-21-10-3-4-11-22(21)28(37)38-26)24(34)18-13-12-16-6-1-2-7-17(16)14-18/h1-15,23,26H,(H,33,36)/t23-,26+/m0/s1. The molecule has 1 amide bonds. The van der Waals surface area contributed by atoms with Crippen molar-refractivity contribution in [1.29, 1.82) is 0 Å². The van der Waals surface area contributed by atoms with Gasteiger partial charge in [0.15, 0.2) is 5.78 Å². The van der Waals surface area contributed by atoms with Crippen molar-refractivity contribution < 1.29 is 37.1 Å². The molecule has 190 valence electrons. The molecule has 38 heavy (non-hydrogen) atoms. The third-order valence-corrected chi connectivity index (χ3v) is 6.29. The number of alkyl halides is 3. The van der Waals surface area contributed by atoms with Gasteiger partial charge in [-0.3, -0.25) is 14.4 Å². The number of ketones is 2. The molecule has 5 rings (SSSR count). The number of nitrogens with one attached hydrogen (secondary N) is 1. The Labute approximate surface area is 214 Å². The highest BCUT2D eigenvalue weighted by atomic mass is 19.4. The zero-order chi connectivity index (χ0) is 27.0. The Kier molecular flexibility index (Phi) is 6.28. The van der Waals surface area contributed by atoms with Gasteiger partial charge in [0.1, 0.15) is 12.0 Å². The van der Waals surface area contributed by atoms with Gasteiger partial charge in [0.25, 0.3) is 5.91 Å². The monoisotopic (exact) mass is 517 g/mol. The molecule has 9 heteroatoms. The van der Waals surface area contributed by atoms with Crippen LogP contribution in [0, 0.1) is 5.92 Å². The van der Waals surface area contributed by atoms with E-state index in [1.807, 2.05) is 12.1 Å². The smallest absolute Gasteiger partial charge is 0.416 e. The Morgan fingerprint density at radius 2 is 1.53 bits per heavy atom. The minimum Gasteiger partial charge on any atom is -0.453 e. The Hall–Kier alpha value is -4.79. The van der Waals surface area contributed by atoms with E-state index in [-0.39, 0.29) is 22.4 Å². The van der Waals surface area contributed by atoms with E-state index >= 15 is 0 Å². The van der Waals surface area contributed by atoms with E-state index in [0.29, 0.717) is 11.5 Å². The van der Waals surface area contributed by atoms with Gasteiger partial charge in [0.2, 0.25) is 5.78 Å². The Bertz CT molecular complexity index is 1610. The van der Waals surface area contributed by atoms with Gasteiger partial charge in [-0.25, -0.2) is 4.79 Å². The van der Waals surface area contributed by atoms with Crippen LogP contribution in [0.5, 0.6) is 0 Å². The van der Waals surface area contributed by atoms with Gasteiger partial charge < -0.3 is 10.1 Å². The van der Waals surface area contributed by atoms with E-state index in [2.05, 4.69) is 5.32 Å². The maximum atomic E-state index is 13.7. The van der Waals surface area contributed by atoms with Gasteiger partial charge in [0, 0.05) is 16.8 Å². The predicted octanol–water partition coefficient (Wildman–Crippen LogP) is 5.78. The van der Waals surface area contributed by atoms with Crippen LogP contribution < -0.4 is 5.32 Å². The number of hydrogen-bond acceptors (Lipinski definition) is 5. The molecule has 1 heterocycles. The topological polar surface area (TPSA) is 89.5 Å². The minimum atomic E-state index is -4.67. The number of benzene rings is 4. The minimum absolute atomic E-state index is 0.106. The highest BCUT2D eigenvalue weighted by molar-refractivity contribution is 6.45. The van der Waals surface area contributed by atoms with Crippen molar-refractivity contribution in [3.05, 3.63) is 113 Å². The quantitative estimate of drug-likeness (QED) is 0.152. The van der Waals surface area contributed by atoms with Gasteiger partial charge in [-0.2, -0.15) is 13.2 Å². The van der Waals surface area contributed by atoms with Crippen LogP contribution in [0.4, 0.5) is 18.9 Å². The second kappa shape index (κ2) is 9.59. The predicted molar refractivity (Wildman–Crippen MR) is 131 cm³/mol. The molecule has 0 aliphatic carbocycles. The van der Waals surface area contributed by atoms with E-state index in [1.165, 1.54) is 24.3 Å². The Morgan fingerprint density at radius 3 is 2.29 bits per heavy atom. The van der Waals surface area contributed by atoms with E-state index in [9.17, 15) is 32.3 Å². The molecule has 0 saturated carbocycles. The number of esters is 1. The number of fused-ring (bicyclic) bond motifs is 2. The highest BCUT2D eigenvalue weighted by Gasteiger charge is 2.46. The number of anilines is 1. The van der Waals surface area contributed by atoms with Crippen molar-refractivity contribution in [3.63, 3.8) is 0 Å².